The van der Waals surface area contributed by atoms with Crippen molar-refractivity contribution in [3.05, 3.63) is 42.0 Å². The van der Waals surface area contributed by atoms with Crippen LogP contribution in [0.4, 0.5) is 10.2 Å². The summed E-state index contributed by atoms with van der Waals surface area (Å²) in [6.45, 7) is 2.60. The first kappa shape index (κ1) is 13.4. The first-order valence-electron chi connectivity index (χ1n) is 6.15. The topological polar surface area (TPSA) is 58.0 Å². The second-order valence-corrected chi connectivity index (χ2v) is 4.20. The minimum atomic E-state index is -0.268. The molecular formula is C14H16FN3O. The van der Waals surface area contributed by atoms with E-state index in [-0.39, 0.29) is 12.4 Å². The zero-order valence-electron chi connectivity index (χ0n) is 10.7. The van der Waals surface area contributed by atoms with Crippen LogP contribution in [0.25, 0.3) is 11.3 Å². The molecule has 0 unspecified atom stereocenters. The molecule has 0 amide bonds. The molecule has 0 saturated heterocycles. The highest BCUT2D eigenvalue weighted by Gasteiger charge is 2.04. The standard InChI is InChI=1S/C14H16FN3O/c1-10-17-13(11-3-5-12(15)6-4-11)9-14(18-10)16-7-2-8-19/h3-6,9,19H,2,7-8H2,1H3,(H,16,17,18). The highest BCUT2D eigenvalue weighted by molar-refractivity contribution is 5.62. The number of aliphatic hydroxyl groups excluding tert-OH is 1. The van der Waals surface area contributed by atoms with E-state index >= 15 is 0 Å². The Kier molecular flexibility index (Phi) is 4.41. The maximum atomic E-state index is 12.9. The van der Waals surface area contributed by atoms with Crippen LogP contribution in [0.3, 0.4) is 0 Å². The molecule has 0 atom stereocenters. The molecule has 2 N–H and O–H groups in total. The van der Waals surface area contributed by atoms with Gasteiger partial charge in [0.25, 0.3) is 0 Å². The lowest BCUT2D eigenvalue weighted by Crippen LogP contribution is -2.06. The largest absolute Gasteiger partial charge is 0.396 e. The molecule has 5 heteroatoms. The lowest BCUT2D eigenvalue weighted by atomic mass is 10.1. The normalized spacial score (nSPS) is 10.5. The number of benzene rings is 1. The van der Waals surface area contributed by atoms with E-state index in [9.17, 15) is 4.39 Å². The molecule has 0 aliphatic heterocycles. The van der Waals surface area contributed by atoms with Gasteiger partial charge >= 0.3 is 0 Å². The summed E-state index contributed by atoms with van der Waals surface area (Å²) in [6, 6.07) is 8.01. The predicted molar refractivity (Wildman–Crippen MR) is 72.4 cm³/mol. The number of aromatic nitrogens is 2. The number of aryl methyl sites for hydroxylation is 1. The van der Waals surface area contributed by atoms with Gasteiger partial charge in [-0.1, -0.05) is 0 Å². The van der Waals surface area contributed by atoms with E-state index in [1.54, 1.807) is 12.1 Å². The quantitative estimate of drug-likeness (QED) is 0.811. The first-order chi connectivity index (χ1) is 9.19. The highest BCUT2D eigenvalue weighted by Crippen LogP contribution is 2.20. The van der Waals surface area contributed by atoms with Crippen LogP contribution in [0.1, 0.15) is 12.2 Å². The fourth-order valence-electron chi connectivity index (χ4n) is 1.72. The lowest BCUT2D eigenvalue weighted by Gasteiger charge is -2.08. The molecular weight excluding hydrogens is 245 g/mol. The highest BCUT2D eigenvalue weighted by atomic mass is 19.1. The molecule has 100 valence electrons. The van der Waals surface area contributed by atoms with Crippen molar-refractivity contribution in [3.63, 3.8) is 0 Å². The molecule has 2 rings (SSSR count). The number of aliphatic hydroxyl groups is 1. The van der Waals surface area contributed by atoms with E-state index in [2.05, 4.69) is 15.3 Å². The minimum absolute atomic E-state index is 0.141. The summed E-state index contributed by atoms with van der Waals surface area (Å²) >= 11 is 0. The van der Waals surface area contributed by atoms with Crippen LogP contribution in [0, 0.1) is 12.7 Å². The minimum Gasteiger partial charge on any atom is -0.396 e. The maximum Gasteiger partial charge on any atom is 0.130 e. The van der Waals surface area contributed by atoms with Crippen molar-refractivity contribution in [2.75, 3.05) is 18.5 Å². The average molecular weight is 261 g/mol. The number of rotatable bonds is 5. The van der Waals surface area contributed by atoms with E-state index in [1.165, 1.54) is 12.1 Å². The molecule has 0 bridgehead atoms. The molecule has 19 heavy (non-hydrogen) atoms. The van der Waals surface area contributed by atoms with Crippen molar-refractivity contribution in [2.45, 2.75) is 13.3 Å². The predicted octanol–water partition coefficient (Wildman–Crippen LogP) is 2.39. The molecule has 1 aromatic carbocycles. The second kappa shape index (κ2) is 6.24. The summed E-state index contributed by atoms with van der Waals surface area (Å²) in [5.74, 6) is 1.09. The fraction of sp³-hybridized carbons (Fsp3) is 0.286. The van der Waals surface area contributed by atoms with E-state index < -0.39 is 0 Å². The summed E-state index contributed by atoms with van der Waals surface area (Å²) in [6.07, 6.45) is 0.662. The maximum absolute atomic E-state index is 12.9. The average Bonchev–Trinajstić information content (AvgIpc) is 2.39. The lowest BCUT2D eigenvalue weighted by molar-refractivity contribution is 0.292. The molecule has 0 aliphatic rings. The Bertz CT molecular complexity index is 543. The Balaban J connectivity index is 2.23. The van der Waals surface area contributed by atoms with Crippen molar-refractivity contribution >= 4 is 5.82 Å². The monoisotopic (exact) mass is 261 g/mol. The van der Waals surface area contributed by atoms with Crippen molar-refractivity contribution in [2.24, 2.45) is 0 Å². The Morgan fingerprint density at radius 3 is 2.63 bits per heavy atom. The smallest absolute Gasteiger partial charge is 0.130 e. The number of nitrogens with one attached hydrogen (secondary N) is 1. The summed E-state index contributed by atoms with van der Waals surface area (Å²) in [4.78, 5) is 8.61. The van der Waals surface area contributed by atoms with Crippen LogP contribution in [0.2, 0.25) is 0 Å². The summed E-state index contributed by atoms with van der Waals surface area (Å²) in [7, 11) is 0. The Labute approximate surface area is 111 Å². The number of anilines is 1. The van der Waals surface area contributed by atoms with Gasteiger partial charge in [-0.05, 0) is 37.6 Å². The van der Waals surface area contributed by atoms with Crippen LogP contribution in [0.5, 0.6) is 0 Å². The Morgan fingerprint density at radius 1 is 1.21 bits per heavy atom. The number of nitrogens with zero attached hydrogens (tertiary/aromatic N) is 2. The molecule has 0 fully saturated rings. The molecule has 2 aromatic rings. The van der Waals surface area contributed by atoms with E-state index in [0.717, 1.165) is 11.3 Å². The van der Waals surface area contributed by atoms with Crippen LogP contribution in [0.15, 0.2) is 30.3 Å². The Hall–Kier alpha value is -2.01. The van der Waals surface area contributed by atoms with Crippen molar-refractivity contribution < 1.29 is 9.50 Å². The molecule has 4 nitrogen and oxygen atoms in total. The van der Waals surface area contributed by atoms with E-state index in [0.29, 0.717) is 24.6 Å². The van der Waals surface area contributed by atoms with Crippen LogP contribution in [-0.2, 0) is 0 Å². The third kappa shape index (κ3) is 3.72. The third-order valence-electron chi connectivity index (χ3n) is 2.62. The Morgan fingerprint density at radius 2 is 1.95 bits per heavy atom. The number of hydrogen-bond acceptors (Lipinski definition) is 4. The molecule has 1 aromatic heterocycles. The third-order valence-corrected chi connectivity index (χ3v) is 2.62. The van der Waals surface area contributed by atoms with Gasteiger partial charge in [-0.15, -0.1) is 0 Å². The van der Waals surface area contributed by atoms with E-state index in [1.807, 2.05) is 13.0 Å². The SMILES string of the molecule is Cc1nc(NCCCO)cc(-c2ccc(F)cc2)n1. The van der Waals surface area contributed by atoms with Crippen molar-refractivity contribution in [3.8, 4) is 11.3 Å². The van der Waals surface area contributed by atoms with Crippen molar-refractivity contribution in [1.29, 1.82) is 0 Å². The van der Waals surface area contributed by atoms with Gasteiger partial charge in [0.05, 0.1) is 5.69 Å². The van der Waals surface area contributed by atoms with Crippen LogP contribution < -0.4 is 5.32 Å². The summed E-state index contributed by atoms with van der Waals surface area (Å²) in [5.41, 5.74) is 1.59. The van der Waals surface area contributed by atoms with Gasteiger partial charge in [-0.2, -0.15) is 0 Å². The van der Waals surface area contributed by atoms with Gasteiger partial charge in [0, 0.05) is 24.8 Å². The van der Waals surface area contributed by atoms with Gasteiger partial charge in [0.2, 0.25) is 0 Å². The number of halogens is 1. The zero-order valence-corrected chi connectivity index (χ0v) is 10.7. The van der Waals surface area contributed by atoms with E-state index in [4.69, 9.17) is 5.11 Å². The molecule has 1 heterocycles. The molecule has 0 radical (unpaired) electrons. The van der Waals surface area contributed by atoms with Gasteiger partial charge in [-0.25, -0.2) is 14.4 Å². The second-order valence-electron chi connectivity index (χ2n) is 4.20. The van der Waals surface area contributed by atoms with Gasteiger partial charge in [0.1, 0.15) is 17.5 Å². The summed E-state index contributed by atoms with van der Waals surface area (Å²) in [5, 5.41) is 11.9. The van der Waals surface area contributed by atoms with Gasteiger partial charge < -0.3 is 10.4 Å². The summed E-state index contributed by atoms with van der Waals surface area (Å²) < 4.78 is 12.9. The van der Waals surface area contributed by atoms with Gasteiger partial charge in [0.15, 0.2) is 0 Å². The van der Waals surface area contributed by atoms with Crippen LogP contribution >= 0.6 is 0 Å². The molecule has 0 aliphatic carbocycles. The first-order valence-corrected chi connectivity index (χ1v) is 6.15. The number of hydrogen-bond donors (Lipinski definition) is 2. The van der Waals surface area contributed by atoms with Crippen molar-refractivity contribution in [1.82, 2.24) is 9.97 Å². The van der Waals surface area contributed by atoms with Gasteiger partial charge in [-0.3, -0.25) is 0 Å². The zero-order chi connectivity index (χ0) is 13.7. The fourth-order valence-corrected chi connectivity index (χ4v) is 1.72. The molecule has 0 spiro atoms. The molecule has 0 saturated carbocycles. The van der Waals surface area contributed by atoms with Crippen LogP contribution in [-0.4, -0.2) is 28.2 Å².